The van der Waals surface area contributed by atoms with Gasteiger partial charge in [0, 0.05) is 24.5 Å². The number of hydrogen-bond donors (Lipinski definition) is 1. The Hall–Kier alpha value is -3.36. The molecule has 1 N–H and O–H groups in total. The molecule has 0 saturated carbocycles. The van der Waals surface area contributed by atoms with Gasteiger partial charge in [-0.05, 0) is 36.6 Å². The van der Waals surface area contributed by atoms with Crippen LogP contribution in [0.4, 0.5) is 5.00 Å². The molecule has 7 nitrogen and oxygen atoms in total. The molecule has 1 aromatic heterocycles. The maximum Gasteiger partial charge on any atom is 0.341 e. The van der Waals surface area contributed by atoms with Crippen molar-refractivity contribution in [1.82, 2.24) is 4.90 Å². The second-order valence-electron chi connectivity index (χ2n) is 8.23. The van der Waals surface area contributed by atoms with Crippen LogP contribution in [0.25, 0.3) is 0 Å². The SMILES string of the molecule is CCOC(=O)c1c(NC(=O)[C@H]2COc3ccccc3O2)sc2c1CCN(Cc1ccccc1)C2. The van der Waals surface area contributed by atoms with Gasteiger partial charge < -0.3 is 19.5 Å². The van der Waals surface area contributed by atoms with E-state index in [9.17, 15) is 9.59 Å². The normalized spacial score (nSPS) is 17.0. The van der Waals surface area contributed by atoms with Crippen molar-refractivity contribution in [2.75, 3.05) is 25.1 Å². The van der Waals surface area contributed by atoms with Crippen LogP contribution >= 0.6 is 11.3 Å². The number of amides is 1. The van der Waals surface area contributed by atoms with Crippen molar-refractivity contribution in [3.63, 3.8) is 0 Å². The lowest BCUT2D eigenvalue weighted by Gasteiger charge is -2.27. The summed E-state index contributed by atoms with van der Waals surface area (Å²) in [7, 11) is 0. The lowest BCUT2D eigenvalue weighted by Crippen LogP contribution is -2.40. The summed E-state index contributed by atoms with van der Waals surface area (Å²) < 4.78 is 16.9. The number of fused-ring (bicyclic) bond motifs is 2. The third kappa shape index (κ3) is 4.64. The first-order chi connectivity index (χ1) is 16.6. The minimum Gasteiger partial charge on any atom is -0.485 e. The van der Waals surface area contributed by atoms with Crippen molar-refractivity contribution in [3.8, 4) is 11.5 Å². The summed E-state index contributed by atoms with van der Waals surface area (Å²) in [5.41, 5.74) is 2.68. The van der Waals surface area contributed by atoms with Gasteiger partial charge in [-0.3, -0.25) is 9.69 Å². The molecule has 0 radical (unpaired) electrons. The summed E-state index contributed by atoms with van der Waals surface area (Å²) in [5, 5.41) is 3.44. The Bertz CT molecular complexity index is 1190. The standard InChI is InChI=1S/C26H26N2O5S/c1-2-31-26(30)23-18-12-13-28(14-17-8-4-3-5-9-17)15-22(18)34-25(23)27-24(29)21-16-32-19-10-6-7-11-20(19)33-21/h3-11,21H,2,12-16H2,1H3,(H,27,29)/t21-/m1/s1. The number of anilines is 1. The zero-order valence-corrected chi connectivity index (χ0v) is 19.7. The van der Waals surface area contributed by atoms with Gasteiger partial charge in [-0.2, -0.15) is 0 Å². The van der Waals surface area contributed by atoms with E-state index in [0.717, 1.165) is 30.0 Å². The molecule has 176 valence electrons. The average molecular weight is 479 g/mol. The molecule has 8 heteroatoms. The number of hydrogen-bond acceptors (Lipinski definition) is 7. The lowest BCUT2D eigenvalue weighted by molar-refractivity contribution is -0.125. The number of esters is 1. The summed E-state index contributed by atoms with van der Waals surface area (Å²) in [5.74, 6) is 0.392. The average Bonchev–Trinajstić information content (AvgIpc) is 3.21. The third-order valence-electron chi connectivity index (χ3n) is 5.90. The molecular formula is C26H26N2O5S. The minimum absolute atomic E-state index is 0.105. The van der Waals surface area contributed by atoms with Crippen LogP contribution in [-0.2, 0) is 29.0 Å². The predicted octanol–water partition coefficient (Wildman–Crippen LogP) is 4.26. The number of nitrogens with zero attached hydrogens (tertiary/aromatic N) is 1. The van der Waals surface area contributed by atoms with E-state index in [1.54, 1.807) is 19.1 Å². The number of para-hydroxylation sites is 2. The van der Waals surface area contributed by atoms with E-state index in [4.69, 9.17) is 14.2 Å². The number of rotatable bonds is 6. The molecular weight excluding hydrogens is 452 g/mol. The first kappa shape index (κ1) is 22.4. The zero-order valence-electron chi connectivity index (χ0n) is 18.9. The van der Waals surface area contributed by atoms with E-state index in [1.165, 1.54) is 16.9 Å². The Balaban J connectivity index is 1.36. The van der Waals surface area contributed by atoms with Gasteiger partial charge in [-0.25, -0.2) is 4.79 Å². The molecule has 0 saturated heterocycles. The van der Waals surface area contributed by atoms with Crippen LogP contribution < -0.4 is 14.8 Å². The van der Waals surface area contributed by atoms with Crippen molar-refractivity contribution in [2.24, 2.45) is 0 Å². The van der Waals surface area contributed by atoms with Crippen LogP contribution in [0, 0.1) is 0 Å². The third-order valence-corrected chi connectivity index (χ3v) is 7.03. The number of nitrogens with one attached hydrogen (secondary N) is 1. The number of ether oxygens (including phenoxy) is 3. The molecule has 2 aromatic carbocycles. The number of benzene rings is 2. The van der Waals surface area contributed by atoms with Crippen molar-refractivity contribution in [1.29, 1.82) is 0 Å². The zero-order chi connectivity index (χ0) is 23.5. The Morgan fingerprint density at radius 2 is 1.88 bits per heavy atom. The molecule has 3 heterocycles. The summed E-state index contributed by atoms with van der Waals surface area (Å²) in [6.07, 6.45) is -0.0855. The molecule has 2 aliphatic heterocycles. The lowest BCUT2D eigenvalue weighted by atomic mass is 10.0. The van der Waals surface area contributed by atoms with Crippen LogP contribution in [-0.4, -0.2) is 42.6 Å². The smallest absolute Gasteiger partial charge is 0.341 e. The van der Waals surface area contributed by atoms with Gasteiger partial charge in [0.1, 0.15) is 11.6 Å². The first-order valence-corrected chi connectivity index (χ1v) is 12.2. The fourth-order valence-electron chi connectivity index (χ4n) is 4.28. The molecule has 2 aliphatic rings. The Kier molecular flexibility index (Phi) is 6.51. The summed E-state index contributed by atoms with van der Waals surface area (Å²) in [6.45, 7) is 4.53. The molecule has 3 aromatic rings. The largest absolute Gasteiger partial charge is 0.485 e. The van der Waals surface area contributed by atoms with Gasteiger partial charge in [0.05, 0.1) is 12.2 Å². The molecule has 0 aliphatic carbocycles. The maximum atomic E-state index is 13.1. The van der Waals surface area contributed by atoms with Crippen molar-refractivity contribution >= 4 is 28.2 Å². The Morgan fingerprint density at radius 1 is 1.12 bits per heavy atom. The van der Waals surface area contributed by atoms with Gasteiger partial charge in [0.15, 0.2) is 11.5 Å². The van der Waals surface area contributed by atoms with Crippen LogP contribution in [0.5, 0.6) is 11.5 Å². The molecule has 1 amide bonds. The number of thiophene rings is 1. The van der Waals surface area contributed by atoms with Gasteiger partial charge in [-0.15, -0.1) is 11.3 Å². The van der Waals surface area contributed by atoms with Crippen LogP contribution in [0.3, 0.4) is 0 Å². The molecule has 0 unspecified atom stereocenters. The molecule has 5 rings (SSSR count). The van der Waals surface area contributed by atoms with Gasteiger partial charge in [0.25, 0.3) is 5.91 Å². The van der Waals surface area contributed by atoms with Crippen LogP contribution in [0.1, 0.15) is 33.3 Å². The summed E-state index contributed by atoms with van der Waals surface area (Å²) in [4.78, 5) is 29.3. The van der Waals surface area contributed by atoms with Gasteiger partial charge in [-0.1, -0.05) is 42.5 Å². The van der Waals surface area contributed by atoms with E-state index in [2.05, 4.69) is 22.3 Å². The second kappa shape index (κ2) is 9.87. The van der Waals surface area contributed by atoms with Crippen molar-refractivity contribution in [2.45, 2.75) is 32.5 Å². The van der Waals surface area contributed by atoms with E-state index in [-0.39, 0.29) is 19.1 Å². The van der Waals surface area contributed by atoms with Crippen LogP contribution in [0.15, 0.2) is 54.6 Å². The van der Waals surface area contributed by atoms with E-state index in [0.29, 0.717) is 28.6 Å². The first-order valence-electron chi connectivity index (χ1n) is 11.4. The number of carbonyl (C=O) groups is 2. The highest BCUT2D eigenvalue weighted by molar-refractivity contribution is 7.17. The summed E-state index contributed by atoms with van der Waals surface area (Å²) >= 11 is 1.44. The fourth-order valence-corrected chi connectivity index (χ4v) is 5.56. The van der Waals surface area contributed by atoms with E-state index in [1.807, 2.05) is 30.3 Å². The van der Waals surface area contributed by atoms with Gasteiger partial charge in [0.2, 0.25) is 6.10 Å². The molecule has 0 fully saturated rings. The highest BCUT2D eigenvalue weighted by Crippen LogP contribution is 2.38. The molecule has 0 spiro atoms. The number of carbonyl (C=O) groups excluding carboxylic acids is 2. The molecule has 34 heavy (non-hydrogen) atoms. The van der Waals surface area contributed by atoms with E-state index < -0.39 is 12.1 Å². The van der Waals surface area contributed by atoms with Crippen molar-refractivity contribution < 1.29 is 23.8 Å². The molecule has 0 bridgehead atoms. The highest BCUT2D eigenvalue weighted by Gasteiger charge is 2.32. The monoisotopic (exact) mass is 478 g/mol. The highest BCUT2D eigenvalue weighted by atomic mass is 32.1. The predicted molar refractivity (Wildman–Crippen MR) is 130 cm³/mol. The Morgan fingerprint density at radius 3 is 2.68 bits per heavy atom. The minimum atomic E-state index is -0.807. The van der Waals surface area contributed by atoms with E-state index >= 15 is 0 Å². The second-order valence-corrected chi connectivity index (χ2v) is 9.33. The topological polar surface area (TPSA) is 77.1 Å². The van der Waals surface area contributed by atoms with Crippen molar-refractivity contribution in [3.05, 3.63) is 76.2 Å². The van der Waals surface area contributed by atoms with Crippen LogP contribution in [0.2, 0.25) is 0 Å². The Labute approximate surface area is 202 Å². The fraction of sp³-hybridized carbons (Fsp3) is 0.308. The maximum absolute atomic E-state index is 13.1. The summed E-state index contributed by atoms with van der Waals surface area (Å²) in [6, 6.07) is 17.6. The quantitative estimate of drug-likeness (QED) is 0.534. The molecule has 1 atom stereocenters. The van der Waals surface area contributed by atoms with Gasteiger partial charge >= 0.3 is 5.97 Å².